The fourth-order valence-electron chi connectivity index (χ4n) is 3.35. The third kappa shape index (κ3) is 5.35. The Hall–Kier alpha value is -2.28. The lowest BCUT2D eigenvalue weighted by molar-refractivity contribution is -0.125. The zero-order chi connectivity index (χ0) is 19.2. The van der Waals surface area contributed by atoms with Gasteiger partial charge in [-0.2, -0.15) is 0 Å². The maximum atomic E-state index is 12.6. The summed E-state index contributed by atoms with van der Waals surface area (Å²) >= 11 is 1.42. The van der Waals surface area contributed by atoms with Crippen LogP contribution in [0.1, 0.15) is 67.5 Å². The highest BCUT2D eigenvalue weighted by molar-refractivity contribution is 7.10. The molecule has 3 rings (SSSR count). The third-order valence-electron chi connectivity index (χ3n) is 4.72. The van der Waals surface area contributed by atoms with E-state index in [-0.39, 0.29) is 23.8 Å². The first-order valence-corrected chi connectivity index (χ1v) is 10.4. The fraction of sp³-hybridized carbons (Fsp3) is 0.500. The van der Waals surface area contributed by atoms with Gasteiger partial charge in [0.2, 0.25) is 5.91 Å². The Kier molecular flexibility index (Phi) is 6.55. The third-order valence-corrected chi connectivity index (χ3v) is 5.68. The van der Waals surface area contributed by atoms with Crippen LogP contribution in [0.5, 0.6) is 0 Å². The van der Waals surface area contributed by atoms with Crippen LogP contribution in [-0.2, 0) is 4.79 Å². The van der Waals surface area contributed by atoms with Crippen molar-refractivity contribution in [3.05, 3.63) is 40.6 Å². The van der Waals surface area contributed by atoms with Crippen molar-refractivity contribution in [2.45, 2.75) is 52.0 Å². The van der Waals surface area contributed by atoms with Gasteiger partial charge in [0.15, 0.2) is 0 Å². The molecule has 0 bridgehead atoms. The van der Waals surface area contributed by atoms with Gasteiger partial charge < -0.3 is 10.6 Å². The van der Waals surface area contributed by atoms with E-state index in [2.05, 4.69) is 34.4 Å². The molecule has 1 atom stereocenters. The van der Waals surface area contributed by atoms with Crippen LogP contribution in [0.25, 0.3) is 0 Å². The molecule has 7 heteroatoms. The number of anilines is 1. The highest BCUT2D eigenvalue weighted by Crippen LogP contribution is 2.29. The van der Waals surface area contributed by atoms with Gasteiger partial charge in [-0.1, -0.05) is 26.7 Å². The van der Waals surface area contributed by atoms with E-state index in [1.807, 2.05) is 0 Å². The van der Waals surface area contributed by atoms with Crippen molar-refractivity contribution in [2.24, 2.45) is 11.8 Å². The summed E-state index contributed by atoms with van der Waals surface area (Å²) in [4.78, 5) is 33.5. The van der Waals surface area contributed by atoms with Crippen molar-refractivity contribution < 1.29 is 9.59 Å². The molecule has 0 unspecified atom stereocenters. The molecule has 1 aliphatic rings. The Bertz CT molecular complexity index is 769. The van der Waals surface area contributed by atoms with Gasteiger partial charge in [0.1, 0.15) is 10.7 Å². The summed E-state index contributed by atoms with van der Waals surface area (Å²) in [6.07, 6.45) is 8.24. The molecule has 27 heavy (non-hydrogen) atoms. The summed E-state index contributed by atoms with van der Waals surface area (Å²) < 4.78 is 0. The quantitative estimate of drug-likeness (QED) is 0.747. The first-order chi connectivity index (χ1) is 13.0. The van der Waals surface area contributed by atoms with Crippen LogP contribution in [-0.4, -0.2) is 21.8 Å². The van der Waals surface area contributed by atoms with Gasteiger partial charge in [-0.25, -0.2) is 4.98 Å². The van der Waals surface area contributed by atoms with Crippen LogP contribution < -0.4 is 10.6 Å². The molecule has 0 radical (unpaired) electrons. The summed E-state index contributed by atoms with van der Waals surface area (Å²) in [7, 11) is 0. The second kappa shape index (κ2) is 9.08. The molecule has 2 amide bonds. The minimum atomic E-state index is -0.268. The van der Waals surface area contributed by atoms with E-state index in [0.717, 1.165) is 37.1 Å². The summed E-state index contributed by atoms with van der Waals surface area (Å²) in [6.45, 7) is 4.25. The second-order valence-corrected chi connectivity index (χ2v) is 8.33. The van der Waals surface area contributed by atoms with Crippen molar-refractivity contribution in [3.8, 4) is 0 Å². The molecule has 1 saturated carbocycles. The zero-order valence-corrected chi connectivity index (χ0v) is 16.6. The Balaban J connectivity index is 1.69. The number of carbonyl (C=O) groups excluding carboxylic acids is 2. The maximum absolute atomic E-state index is 12.6. The Morgan fingerprint density at radius 2 is 2.07 bits per heavy atom. The highest BCUT2D eigenvalue weighted by Gasteiger charge is 2.27. The van der Waals surface area contributed by atoms with Crippen LogP contribution in [0.3, 0.4) is 0 Å². The lowest BCUT2D eigenvalue weighted by Crippen LogP contribution is -2.33. The predicted octanol–water partition coefficient (Wildman–Crippen LogP) is 4.18. The average Bonchev–Trinajstić information content (AvgIpc) is 3.34. The van der Waals surface area contributed by atoms with E-state index in [1.54, 1.807) is 29.9 Å². The molecule has 2 aromatic rings. The smallest absolute Gasteiger partial charge is 0.275 e. The average molecular weight is 387 g/mol. The maximum Gasteiger partial charge on any atom is 0.275 e. The molecule has 6 nitrogen and oxygen atoms in total. The van der Waals surface area contributed by atoms with Crippen molar-refractivity contribution in [1.82, 2.24) is 15.3 Å². The monoisotopic (exact) mass is 386 g/mol. The summed E-state index contributed by atoms with van der Waals surface area (Å²) in [5.41, 5.74) is 0.994. The SMILES string of the molecule is CC(C)C[C@@H](NC(=O)C1CCCC1)c1nc(C(=O)Nc2cccnc2)cs1. The fourth-order valence-corrected chi connectivity index (χ4v) is 4.22. The van der Waals surface area contributed by atoms with E-state index in [4.69, 9.17) is 0 Å². The first-order valence-electron chi connectivity index (χ1n) is 9.50. The Morgan fingerprint density at radius 1 is 1.30 bits per heavy atom. The van der Waals surface area contributed by atoms with E-state index in [0.29, 0.717) is 17.3 Å². The number of thiazole rings is 1. The minimum absolute atomic E-state index is 0.118. The summed E-state index contributed by atoms with van der Waals surface area (Å²) in [5, 5.41) is 8.50. The molecule has 0 aliphatic heterocycles. The molecule has 2 heterocycles. The number of hydrogen-bond donors (Lipinski definition) is 2. The molecule has 0 saturated heterocycles. The van der Waals surface area contributed by atoms with Gasteiger partial charge in [-0.3, -0.25) is 14.6 Å². The Morgan fingerprint density at radius 3 is 2.74 bits per heavy atom. The molecule has 1 aliphatic carbocycles. The number of carbonyl (C=O) groups is 2. The van der Waals surface area contributed by atoms with Crippen molar-refractivity contribution in [3.63, 3.8) is 0 Å². The molecular formula is C20H26N4O2S. The largest absolute Gasteiger partial charge is 0.347 e. The van der Waals surface area contributed by atoms with Gasteiger partial charge in [0, 0.05) is 17.5 Å². The number of amides is 2. The van der Waals surface area contributed by atoms with Gasteiger partial charge in [0.05, 0.1) is 17.9 Å². The van der Waals surface area contributed by atoms with Gasteiger partial charge in [0.25, 0.3) is 5.91 Å². The number of nitrogens with zero attached hydrogens (tertiary/aromatic N) is 2. The minimum Gasteiger partial charge on any atom is -0.347 e. The van der Waals surface area contributed by atoms with Crippen LogP contribution >= 0.6 is 11.3 Å². The van der Waals surface area contributed by atoms with Gasteiger partial charge in [-0.15, -0.1) is 11.3 Å². The van der Waals surface area contributed by atoms with Crippen molar-refractivity contribution in [1.29, 1.82) is 0 Å². The normalized spacial score (nSPS) is 15.7. The van der Waals surface area contributed by atoms with E-state index >= 15 is 0 Å². The van der Waals surface area contributed by atoms with E-state index in [1.165, 1.54) is 11.3 Å². The summed E-state index contributed by atoms with van der Waals surface area (Å²) in [6, 6.07) is 3.39. The first kappa shape index (κ1) is 19.5. The lowest BCUT2D eigenvalue weighted by Gasteiger charge is -2.20. The number of aromatic nitrogens is 2. The van der Waals surface area contributed by atoms with Crippen molar-refractivity contribution in [2.75, 3.05) is 5.32 Å². The molecule has 0 aromatic carbocycles. The highest BCUT2D eigenvalue weighted by atomic mass is 32.1. The van der Waals surface area contributed by atoms with Gasteiger partial charge >= 0.3 is 0 Å². The van der Waals surface area contributed by atoms with E-state index in [9.17, 15) is 9.59 Å². The summed E-state index contributed by atoms with van der Waals surface area (Å²) in [5.74, 6) is 0.383. The molecule has 2 N–H and O–H groups in total. The number of hydrogen-bond acceptors (Lipinski definition) is 5. The van der Waals surface area contributed by atoms with Crippen LogP contribution in [0.15, 0.2) is 29.9 Å². The molecule has 0 spiro atoms. The molecule has 2 aromatic heterocycles. The zero-order valence-electron chi connectivity index (χ0n) is 15.8. The molecule has 1 fully saturated rings. The topological polar surface area (TPSA) is 84.0 Å². The molecular weight excluding hydrogens is 360 g/mol. The standard InChI is InChI=1S/C20H26N4O2S/c1-13(2)10-16(23-18(25)14-6-3-4-7-14)20-24-17(12-27-20)19(26)22-15-8-5-9-21-11-15/h5,8-9,11-14,16H,3-4,6-7,10H2,1-2H3,(H,22,26)(H,23,25)/t16-/m1/s1. The number of nitrogens with one attached hydrogen (secondary N) is 2. The van der Waals surface area contributed by atoms with Crippen LogP contribution in [0.2, 0.25) is 0 Å². The van der Waals surface area contributed by atoms with Crippen molar-refractivity contribution >= 4 is 28.8 Å². The predicted molar refractivity (Wildman–Crippen MR) is 107 cm³/mol. The lowest BCUT2D eigenvalue weighted by atomic mass is 10.0. The number of rotatable bonds is 7. The van der Waals surface area contributed by atoms with Gasteiger partial charge in [-0.05, 0) is 37.3 Å². The van der Waals surface area contributed by atoms with E-state index < -0.39 is 0 Å². The van der Waals surface area contributed by atoms with Crippen LogP contribution in [0, 0.1) is 11.8 Å². The molecule has 144 valence electrons. The van der Waals surface area contributed by atoms with Crippen LogP contribution in [0.4, 0.5) is 5.69 Å². The second-order valence-electron chi connectivity index (χ2n) is 7.44. The number of pyridine rings is 1. The Labute approximate surface area is 163 Å².